The van der Waals surface area contributed by atoms with Crippen molar-refractivity contribution in [2.24, 2.45) is 10.8 Å². The van der Waals surface area contributed by atoms with Crippen molar-refractivity contribution in [3.05, 3.63) is 50.3 Å². The topological polar surface area (TPSA) is 94.9 Å². The van der Waals surface area contributed by atoms with Crippen molar-refractivity contribution in [3.63, 3.8) is 0 Å². The van der Waals surface area contributed by atoms with Crippen molar-refractivity contribution in [1.29, 1.82) is 0 Å². The van der Waals surface area contributed by atoms with Crippen LogP contribution in [0.2, 0.25) is 10.0 Å². The Labute approximate surface area is 202 Å². The molecule has 33 heavy (non-hydrogen) atoms. The molecule has 0 amide bonds. The summed E-state index contributed by atoms with van der Waals surface area (Å²) in [6, 6.07) is 2.94. The number of carboxylic acid groups (broad SMARTS) is 1. The zero-order valence-corrected chi connectivity index (χ0v) is 20.6. The normalized spacial score (nSPS) is 22.4. The van der Waals surface area contributed by atoms with E-state index in [0.29, 0.717) is 40.9 Å². The molecule has 0 saturated heterocycles. The number of hydrogen-bond donors (Lipinski definition) is 2. The summed E-state index contributed by atoms with van der Waals surface area (Å²) in [7, 11) is 0. The molecule has 0 fully saturated rings. The van der Waals surface area contributed by atoms with Gasteiger partial charge in [0.15, 0.2) is 11.6 Å². The number of aromatic hydroxyl groups is 1. The molecular formula is C25H27Cl2NO5. The maximum Gasteiger partial charge on any atom is 0.323 e. The number of aliphatic carboxylic acids is 1. The van der Waals surface area contributed by atoms with E-state index in [-0.39, 0.29) is 57.6 Å². The van der Waals surface area contributed by atoms with E-state index in [4.69, 9.17) is 23.2 Å². The van der Waals surface area contributed by atoms with Crippen LogP contribution in [-0.2, 0) is 14.4 Å². The number of benzene rings is 1. The molecule has 176 valence electrons. The predicted octanol–water partition coefficient (Wildman–Crippen LogP) is 5.47. The molecule has 3 aliphatic rings. The van der Waals surface area contributed by atoms with Gasteiger partial charge in [0.05, 0.1) is 5.02 Å². The number of rotatable bonds is 3. The van der Waals surface area contributed by atoms with Crippen LogP contribution < -0.4 is 0 Å². The van der Waals surface area contributed by atoms with Gasteiger partial charge < -0.3 is 15.1 Å². The third-order valence-electron chi connectivity index (χ3n) is 6.68. The van der Waals surface area contributed by atoms with Crippen LogP contribution >= 0.6 is 23.2 Å². The minimum absolute atomic E-state index is 0.0296. The largest absolute Gasteiger partial charge is 0.506 e. The number of ketones is 2. The zero-order valence-electron chi connectivity index (χ0n) is 19.1. The fourth-order valence-corrected chi connectivity index (χ4v) is 6.00. The number of carboxylic acids is 1. The van der Waals surface area contributed by atoms with Crippen LogP contribution in [-0.4, -0.2) is 39.2 Å². The first-order chi connectivity index (χ1) is 15.2. The lowest BCUT2D eigenvalue weighted by Gasteiger charge is -2.48. The molecule has 2 aliphatic carbocycles. The van der Waals surface area contributed by atoms with Gasteiger partial charge in [-0.15, -0.1) is 0 Å². The molecule has 4 rings (SSSR count). The number of nitrogens with zero attached hydrogens (tertiary/aromatic N) is 1. The molecule has 8 heteroatoms. The Hall–Kier alpha value is -2.31. The van der Waals surface area contributed by atoms with Crippen molar-refractivity contribution in [1.82, 2.24) is 4.90 Å². The highest BCUT2D eigenvalue weighted by Gasteiger charge is 2.49. The lowest BCUT2D eigenvalue weighted by atomic mass is 9.63. The van der Waals surface area contributed by atoms with Crippen molar-refractivity contribution >= 4 is 40.7 Å². The Morgan fingerprint density at radius 2 is 1.45 bits per heavy atom. The molecule has 0 aromatic heterocycles. The SMILES string of the molecule is CC1(C)CC(=O)C2=C(C1)N(CC(=O)O)C1=C(C(=O)CC(C)(C)C1)C2c1cc(Cl)cc(Cl)c1O. The number of carbonyl (C=O) groups is 3. The summed E-state index contributed by atoms with van der Waals surface area (Å²) in [4.78, 5) is 40.6. The van der Waals surface area contributed by atoms with Crippen molar-refractivity contribution in [3.8, 4) is 5.75 Å². The van der Waals surface area contributed by atoms with E-state index >= 15 is 0 Å². The minimum Gasteiger partial charge on any atom is -0.506 e. The Morgan fingerprint density at radius 3 is 1.91 bits per heavy atom. The van der Waals surface area contributed by atoms with E-state index in [1.165, 1.54) is 12.1 Å². The molecule has 6 nitrogen and oxygen atoms in total. The number of carbonyl (C=O) groups excluding carboxylic acids is 2. The highest BCUT2D eigenvalue weighted by molar-refractivity contribution is 6.35. The molecule has 0 spiro atoms. The van der Waals surface area contributed by atoms with E-state index in [0.717, 1.165) is 0 Å². The van der Waals surface area contributed by atoms with Crippen LogP contribution in [0, 0.1) is 10.8 Å². The monoisotopic (exact) mass is 491 g/mol. The van der Waals surface area contributed by atoms with Crippen molar-refractivity contribution in [2.75, 3.05) is 6.54 Å². The van der Waals surface area contributed by atoms with Gasteiger partial charge in [-0.3, -0.25) is 14.4 Å². The maximum absolute atomic E-state index is 13.5. The summed E-state index contributed by atoms with van der Waals surface area (Å²) in [5.41, 5.74) is 1.46. The summed E-state index contributed by atoms with van der Waals surface area (Å²) in [5, 5.41) is 20.9. The van der Waals surface area contributed by atoms with Crippen molar-refractivity contribution in [2.45, 2.75) is 59.3 Å². The molecule has 0 saturated carbocycles. The molecule has 1 aliphatic heterocycles. The average molecular weight is 492 g/mol. The van der Waals surface area contributed by atoms with Gasteiger partial charge >= 0.3 is 5.97 Å². The first-order valence-corrected chi connectivity index (χ1v) is 11.7. The summed E-state index contributed by atoms with van der Waals surface area (Å²) in [6.45, 7) is 7.53. The smallest absolute Gasteiger partial charge is 0.323 e. The van der Waals surface area contributed by atoms with Gasteiger partial charge in [-0.05, 0) is 35.8 Å². The molecule has 0 atom stereocenters. The van der Waals surface area contributed by atoms with Crippen LogP contribution in [0.5, 0.6) is 5.75 Å². The molecule has 1 heterocycles. The van der Waals surface area contributed by atoms with E-state index < -0.39 is 11.9 Å². The first kappa shape index (κ1) is 23.8. The standard InChI is InChI=1S/C25H27Cl2NO5/c1-24(2)7-15-21(17(29)9-24)20(13-5-12(26)6-14(27)23(13)33)22-16(28(15)11-19(31)32)8-25(3,4)10-18(22)30/h5-6,20,33H,7-11H2,1-4H3,(H,31,32). The molecule has 1 aromatic rings. The van der Waals surface area contributed by atoms with Crippen LogP contribution in [0.1, 0.15) is 64.9 Å². The van der Waals surface area contributed by atoms with E-state index in [9.17, 15) is 24.6 Å². The zero-order chi connectivity index (χ0) is 24.5. The first-order valence-electron chi connectivity index (χ1n) is 10.9. The van der Waals surface area contributed by atoms with Gasteiger partial charge in [-0.1, -0.05) is 50.9 Å². The fraction of sp³-hybridized carbons (Fsp3) is 0.480. The molecule has 0 radical (unpaired) electrons. The highest BCUT2D eigenvalue weighted by atomic mass is 35.5. The van der Waals surface area contributed by atoms with Crippen LogP contribution in [0.15, 0.2) is 34.7 Å². The van der Waals surface area contributed by atoms with Gasteiger partial charge in [0.2, 0.25) is 0 Å². The Kier molecular flexibility index (Phi) is 5.69. The number of Topliss-reactive ketones (excluding diaryl/α,β-unsaturated/α-hetero) is 2. The lowest BCUT2D eigenvalue weighted by molar-refractivity contribution is -0.138. The summed E-state index contributed by atoms with van der Waals surface area (Å²) < 4.78 is 0. The van der Waals surface area contributed by atoms with Gasteiger partial charge in [-0.25, -0.2) is 0 Å². The Balaban J connectivity index is 2.07. The number of allylic oxidation sites excluding steroid dienone is 4. The molecule has 0 unspecified atom stereocenters. The number of halogens is 2. The maximum atomic E-state index is 13.5. The predicted molar refractivity (Wildman–Crippen MR) is 125 cm³/mol. The molecular weight excluding hydrogens is 465 g/mol. The van der Waals surface area contributed by atoms with Gasteiger partial charge in [-0.2, -0.15) is 0 Å². The summed E-state index contributed by atoms with van der Waals surface area (Å²) in [6.07, 6.45) is 1.44. The average Bonchev–Trinajstić information content (AvgIpc) is 2.63. The Bertz CT molecular complexity index is 1110. The van der Waals surface area contributed by atoms with E-state index in [1.54, 1.807) is 4.90 Å². The quantitative estimate of drug-likeness (QED) is 0.581. The molecule has 1 aromatic carbocycles. The van der Waals surface area contributed by atoms with Gasteiger partial charge in [0.25, 0.3) is 0 Å². The van der Waals surface area contributed by atoms with E-state index in [1.807, 2.05) is 27.7 Å². The van der Waals surface area contributed by atoms with Crippen LogP contribution in [0.3, 0.4) is 0 Å². The number of phenols is 1. The summed E-state index contributed by atoms with van der Waals surface area (Å²) >= 11 is 12.5. The van der Waals surface area contributed by atoms with Gasteiger partial charge in [0, 0.05) is 51.9 Å². The third-order valence-corrected chi connectivity index (χ3v) is 7.19. The Morgan fingerprint density at radius 1 is 0.970 bits per heavy atom. The summed E-state index contributed by atoms with van der Waals surface area (Å²) in [5.74, 6) is -2.45. The second-order valence-corrected chi connectivity index (χ2v) is 11.7. The van der Waals surface area contributed by atoms with Gasteiger partial charge in [0.1, 0.15) is 12.3 Å². The van der Waals surface area contributed by atoms with E-state index in [2.05, 4.69) is 0 Å². The van der Waals surface area contributed by atoms with Crippen LogP contribution in [0.4, 0.5) is 0 Å². The third kappa shape index (κ3) is 4.19. The second kappa shape index (κ2) is 7.88. The fourth-order valence-electron chi connectivity index (χ4n) is 5.49. The lowest BCUT2D eigenvalue weighted by Crippen LogP contribution is -2.45. The number of hydrogen-bond acceptors (Lipinski definition) is 5. The van der Waals surface area contributed by atoms with Crippen molar-refractivity contribution < 1.29 is 24.6 Å². The molecule has 2 N–H and O–H groups in total. The number of phenolic OH excluding ortho intramolecular Hbond substituents is 1. The molecule has 0 bridgehead atoms. The minimum atomic E-state index is -1.05. The second-order valence-electron chi connectivity index (χ2n) is 10.8. The van der Waals surface area contributed by atoms with Crippen LogP contribution in [0.25, 0.3) is 0 Å². The highest BCUT2D eigenvalue weighted by Crippen LogP contribution is 2.56.